The van der Waals surface area contributed by atoms with E-state index < -0.39 is 0 Å². The highest BCUT2D eigenvalue weighted by atomic mass is 32.1. The van der Waals surface area contributed by atoms with Crippen LogP contribution in [0.15, 0.2) is 47.6 Å². The van der Waals surface area contributed by atoms with Crippen molar-refractivity contribution < 1.29 is 9.84 Å². The molecule has 0 saturated heterocycles. The Labute approximate surface area is 134 Å². The third kappa shape index (κ3) is 4.20. The highest BCUT2D eigenvalue weighted by Gasteiger charge is 2.01. The molecule has 5 nitrogen and oxygen atoms in total. The molecule has 0 fully saturated rings. The number of phenolic OH excluding ortho intramolecular Hbond substituents is 1. The Morgan fingerprint density at radius 2 is 2.05 bits per heavy atom. The van der Waals surface area contributed by atoms with Crippen LogP contribution in [0.4, 0.5) is 5.69 Å². The van der Waals surface area contributed by atoms with Crippen molar-refractivity contribution in [3.05, 3.63) is 53.6 Å². The van der Waals surface area contributed by atoms with E-state index in [2.05, 4.69) is 15.8 Å². The summed E-state index contributed by atoms with van der Waals surface area (Å²) < 4.78 is 4.98. The number of nitrogens with one attached hydrogen (secondary N) is 2. The van der Waals surface area contributed by atoms with E-state index in [0.717, 1.165) is 16.8 Å². The minimum absolute atomic E-state index is 0.0621. The number of anilines is 1. The van der Waals surface area contributed by atoms with Crippen molar-refractivity contribution in [3.63, 3.8) is 0 Å². The molecule has 0 aromatic heterocycles. The van der Waals surface area contributed by atoms with Gasteiger partial charge in [-0.25, -0.2) is 0 Å². The number of aryl methyl sites for hydroxylation is 1. The molecule has 22 heavy (non-hydrogen) atoms. The Balaban J connectivity index is 1.93. The maximum absolute atomic E-state index is 9.68. The molecule has 0 aliphatic heterocycles. The van der Waals surface area contributed by atoms with Crippen LogP contribution in [0, 0.1) is 6.92 Å². The summed E-state index contributed by atoms with van der Waals surface area (Å²) >= 11 is 5.17. The van der Waals surface area contributed by atoms with Crippen LogP contribution in [0.5, 0.6) is 11.5 Å². The first-order chi connectivity index (χ1) is 10.6. The van der Waals surface area contributed by atoms with Gasteiger partial charge in [0.05, 0.1) is 13.3 Å². The van der Waals surface area contributed by atoms with Crippen LogP contribution in [0.1, 0.15) is 11.1 Å². The fourth-order valence-corrected chi connectivity index (χ4v) is 1.98. The average molecular weight is 315 g/mol. The number of benzene rings is 2. The zero-order valence-electron chi connectivity index (χ0n) is 12.3. The molecule has 6 heteroatoms. The molecule has 2 aromatic carbocycles. The molecular formula is C16H17N3O2S. The number of hydrogen-bond donors (Lipinski definition) is 3. The second-order valence-electron chi connectivity index (χ2n) is 4.57. The number of hydrogen-bond acceptors (Lipinski definition) is 4. The number of ether oxygens (including phenoxy) is 1. The van der Waals surface area contributed by atoms with E-state index in [1.165, 1.54) is 7.11 Å². The molecule has 114 valence electrons. The zero-order chi connectivity index (χ0) is 15.9. The smallest absolute Gasteiger partial charge is 0.191 e. The van der Waals surface area contributed by atoms with E-state index in [0.29, 0.717) is 10.9 Å². The summed E-state index contributed by atoms with van der Waals surface area (Å²) in [5, 5.41) is 17.2. The Hall–Kier alpha value is -2.60. The third-order valence-corrected chi connectivity index (χ3v) is 3.17. The average Bonchev–Trinajstić information content (AvgIpc) is 2.50. The molecule has 0 aliphatic carbocycles. The maximum atomic E-state index is 9.68. The summed E-state index contributed by atoms with van der Waals surface area (Å²) in [6.45, 7) is 1.99. The molecule has 3 N–H and O–H groups in total. The van der Waals surface area contributed by atoms with Crippen LogP contribution in [-0.2, 0) is 0 Å². The van der Waals surface area contributed by atoms with E-state index in [9.17, 15) is 5.11 Å². The van der Waals surface area contributed by atoms with Crippen LogP contribution in [0.2, 0.25) is 0 Å². The van der Waals surface area contributed by atoms with Gasteiger partial charge < -0.3 is 15.2 Å². The minimum Gasteiger partial charge on any atom is -0.504 e. The molecule has 0 atom stereocenters. The van der Waals surface area contributed by atoms with Crippen molar-refractivity contribution in [1.82, 2.24) is 5.43 Å². The van der Waals surface area contributed by atoms with E-state index in [-0.39, 0.29) is 5.75 Å². The van der Waals surface area contributed by atoms with Crippen LogP contribution in [-0.4, -0.2) is 23.5 Å². The predicted molar refractivity (Wildman–Crippen MR) is 92.8 cm³/mol. The predicted octanol–water partition coefficient (Wildman–Crippen LogP) is 3.03. The van der Waals surface area contributed by atoms with Crippen molar-refractivity contribution in [1.29, 1.82) is 0 Å². The highest BCUT2D eigenvalue weighted by molar-refractivity contribution is 7.80. The summed E-state index contributed by atoms with van der Waals surface area (Å²) in [5.41, 5.74) is 5.48. The molecule has 0 spiro atoms. The third-order valence-electron chi connectivity index (χ3n) is 2.98. The number of hydrazone groups is 1. The summed E-state index contributed by atoms with van der Waals surface area (Å²) in [5.74, 6) is 0.480. The number of phenols is 1. The van der Waals surface area contributed by atoms with Crippen molar-refractivity contribution in [2.75, 3.05) is 12.4 Å². The Bertz CT molecular complexity index is 702. The summed E-state index contributed by atoms with van der Waals surface area (Å²) in [6.07, 6.45) is 1.56. The van der Waals surface area contributed by atoms with Gasteiger partial charge in [0, 0.05) is 5.69 Å². The molecule has 0 unspecified atom stereocenters. The fraction of sp³-hybridized carbons (Fsp3) is 0.125. The Morgan fingerprint density at radius 1 is 1.27 bits per heavy atom. The lowest BCUT2D eigenvalue weighted by Gasteiger charge is -2.09. The molecule has 2 aromatic rings. The molecule has 0 radical (unpaired) electrons. The van der Waals surface area contributed by atoms with Crippen LogP contribution in [0.25, 0.3) is 0 Å². The molecule has 0 bridgehead atoms. The summed E-state index contributed by atoms with van der Waals surface area (Å²) in [7, 11) is 1.50. The van der Waals surface area contributed by atoms with Gasteiger partial charge in [-0.05, 0) is 54.5 Å². The number of methoxy groups -OCH3 is 1. The first kappa shape index (κ1) is 15.8. The molecule has 2 rings (SSSR count). The fourth-order valence-electron chi connectivity index (χ4n) is 1.82. The van der Waals surface area contributed by atoms with Crippen molar-refractivity contribution in [3.8, 4) is 11.5 Å². The van der Waals surface area contributed by atoms with Crippen molar-refractivity contribution >= 4 is 29.2 Å². The number of aromatic hydroxyl groups is 1. The van der Waals surface area contributed by atoms with Gasteiger partial charge in [-0.2, -0.15) is 5.10 Å². The van der Waals surface area contributed by atoms with Gasteiger partial charge in [0.15, 0.2) is 16.6 Å². The van der Waals surface area contributed by atoms with E-state index in [1.807, 2.05) is 31.2 Å². The second kappa shape index (κ2) is 7.42. The van der Waals surface area contributed by atoms with Gasteiger partial charge in [0.25, 0.3) is 0 Å². The number of rotatable bonds is 4. The van der Waals surface area contributed by atoms with E-state index in [1.54, 1.807) is 24.4 Å². The number of nitrogens with zero attached hydrogens (tertiary/aromatic N) is 1. The van der Waals surface area contributed by atoms with Crippen LogP contribution in [0.3, 0.4) is 0 Å². The molecule has 0 aliphatic rings. The van der Waals surface area contributed by atoms with Crippen LogP contribution < -0.4 is 15.5 Å². The quantitative estimate of drug-likeness (QED) is 0.460. The van der Waals surface area contributed by atoms with Gasteiger partial charge in [0.1, 0.15) is 0 Å². The Morgan fingerprint density at radius 3 is 2.73 bits per heavy atom. The molecule has 0 saturated carbocycles. The number of para-hydroxylation sites is 1. The van der Waals surface area contributed by atoms with Crippen molar-refractivity contribution in [2.45, 2.75) is 6.92 Å². The standard InChI is InChI=1S/C16H17N3O2S/c1-11-5-3-4-6-13(11)18-16(22)19-17-10-12-7-8-15(21-2)14(20)9-12/h3-10,20H,1-2H3,(H2,18,19,22)/b17-10-. The second-order valence-corrected chi connectivity index (χ2v) is 4.98. The zero-order valence-corrected chi connectivity index (χ0v) is 13.1. The normalized spacial score (nSPS) is 10.5. The Kier molecular flexibility index (Phi) is 5.32. The lowest BCUT2D eigenvalue weighted by Crippen LogP contribution is -2.24. The highest BCUT2D eigenvalue weighted by Crippen LogP contribution is 2.25. The van der Waals surface area contributed by atoms with Crippen molar-refractivity contribution in [2.24, 2.45) is 5.10 Å². The molecule has 0 heterocycles. The minimum atomic E-state index is 0.0621. The number of thiocarbonyl (C=S) groups is 1. The SMILES string of the molecule is COc1ccc(/C=N\NC(=S)Nc2ccccc2C)cc1O. The largest absolute Gasteiger partial charge is 0.504 e. The van der Waals surface area contributed by atoms with Crippen LogP contribution >= 0.6 is 12.2 Å². The maximum Gasteiger partial charge on any atom is 0.191 e. The van der Waals surface area contributed by atoms with Gasteiger partial charge >= 0.3 is 0 Å². The molecular weight excluding hydrogens is 298 g/mol. The van der Waals surface area contributed by atoms with E-state index in [4.69, 9.17) is 17.0 Å². The lowest BCUT2D eigenvalue weighted by molar-refractivity contribution is 0.373. The first-order valence-electron chi connectivity index (χ1n) is 6.63. The summed E-state index contributed by atoms with van der Waals surface area (Å²) in [4.78, 5) is 0. The van der Waals surface area contributed by atoms with E-state index >= 15 is 0 Å². The van der Waals surface area contributed by atoms with Gasteiger partial charge in [-0.1, -0.05) is 18.2 Å². The first-order valence-corrected chi connectivity index (χ1v) is 7.03. The lowest BCUT2D eigenvalue weighted by atomic mass is 10.2. The van der Waals surface area contributed by atoms with Gasteiger partial charge in [0.2, 0.25) is 0 Å². The van der Waals surface area contributed by atoms with Gasteiger partial charge in [-0.15, -0.1) is 0 Å². The molecule has 0 amide bonds. The van der Waals surface area contributed by atoms with Gasteiger partial charge in [-0.3, -0.25) is 5.43 Å². The topological polar surface area (TPSA) is 65.9 Å². The monoisotopic (exact) mass is 315 g/mol. The summed E-state index contributed by atoms with van der Waals surface area (Å²) in [6, 6.07) is 12.8.